The molecule has 0 heterocycles. The Morgan fingerprint density at radius 2 is 2.08 bits per heavy atom. The summed E-state index contributed by atoms with van der Waals surface area (Å²) in [5.74, 6) is -0.525. The number of carbonyl (C=O) groups excluding carboxylic acids is 1. The number of nitrogens with zero attached hydrogens (tertiary/aromatic N) is 1. The molecule has 0 aliphatic heterocycles. The van der Waals surface area contributed by atoms with E-state index >= 15 is 0 Å². The lowest BCUT2D eigenvalue weighted by Gasteiger charge is -2.12. The van der Waals surface area contributed by atoms with Gasteiger partial charge in [0.15, 0.2) is 5.78 Å². The summed E-state index contributed by atoms with van der Waals surface area (Å²) in [4.78, 5) is 11.7. The minimum absolute atomic E-state index is 0.0413. The number of halogens is 4. The molecule has 1 rings (SSSR count). The predicted octanol–water partition coefficient (Wildman–Crippen LogP) is 4.11. The van der Waals surface area contributed by atoms with Crippen LogP contribution in [0.2, 0.25) is 0 Å². The summed E-state index contributed by atoms with van der Waals surface area (Å²) < 4.78 is 58.6. The number of Topliss-reactive ketones (excluding diaryl/α,β-unsaturated/α-hetero) is 1. The maximum absolute atomic E-state index is 12.2. The van der Waals surface area contributed by atoms with Crippen LogP contribution in [0.25, 0.3) is 5.41 Å². The minimum Gasteiger partial charge on any atom is -0.800 e. The van der Waals surface area contributed by atoms with Gasteiger partial charge in [-0.2, -0.15) is 17.7 Å². The molecule has 0 amide bonds. The van der Waals surface area contributed by atoms with E-state index in [4.69, 9.17) is 5.41 Å². The molecular formula is C14H14BrF3N2O3S. The Morgan fingerprint density at radius 1 is 1.46 bits per heavy atom. The number of hydrogen-bond donors (Lipinski definition) is 2. The van der Waals surface area contributed by atoms with E-state index in [1.807, 2.05) is 0 Å². The van der Waals surface area contributed by atoms with E-state index in [0.29, 0.717) is 6.08 Å². The number of benzene rings is 1. The molecule has 0 aliphatic rings. The summed E-state index contributed by atoms with van der Waals surface area (Å²) in [5, 5.41) is 11.2. The predicted molar refractivity (Wildman–Crippen MR) is 91.2 cm³/mol. The summed E-state index contributed by atoms with van der Waals surface area (Å²) in [7, 11) is -3.46. The second-order valence-electron chi connectivity index (χ2n) is 4.56. The number of rotatable bonds is 7. The summed E-state index contributed by atoms with van der Waals surface area (Å²) in [5.41, 5.74) is -1.54. The van der Waals surface area contributed by atoms with Crippen molar-refractivity contribution in [3.8, 4) is 0 Å². The molecule has 0 bridgehead atoms. The van der Waals surface area contributed by atoms with Gasteiger partial charge in [0.05, 0.1) is 10.9 Å². The van der Waals surface area contributed by atoms with Gasteiger partial charge in [-0.25, -0.2) is 0 Å². The van der Waals surface area contributed by atoms with Gasteiger partial charge in [0.2, 0.25) is 15.1 Å². The monoisotopic (exact) mass is 426 g/mol. The Bertz CT molecular complexity index is 720. The van der Waals surface area contributed by atoms with E-state index in [9.17, 15) is 26.7 Å². The number of ketones is 1. The molecule has 1 atom stereocenters. The van der Waals surface area contributed by atoms with Crippen LogP contribution in [0, 0.1) is 0 Å². The minimum atomic E-state index is -4.86. The second-order valence-corrected chi connectivity index (χ2v) is 7.42. The fraction of sp³-hybridized carbons (Fsp3) is 0.286. The molecule has 0 saturated heterocycles. The van der Waals surface area contributed by atoms with Gasteiger partial charge in [-0.3, -0.25) is 4.79 Å². The number of carbonyl (C=O) groups is 1. The molecule has 10 heteroatoms. The average molecular weight is 427 g/mol. The van der Waals surface area contributed by atoms with Crippen molar-refractivity contribution in [3.63, 3.8) is 0 Å². The average Bonchev–Trinajstić information content (AvgIpc) is 2.53. The third kappa shape index (κ3) is 5.25. The maximum Gasteiger partial charge on any atom is 0.395 e. The molecule has 1 aromatic rings. The molecule has 132 valence electrons. The molecule has 1 aromatic carbocycles. The Labute approximate surface area is 146 Å². The zero-order chi connectivity index (χ0) is 18.5. The third-order valence-corrected chi connectivity index (χ3v) is 5.24. The van der Waals surface area contributed by atoms with Crippen LogP contribution in [0.4, 0.5) is 18.9 Å². The first-order valence-electron chi connectivity index (χ1n) is 6.56. The number of nitrogens with one attached hydrogen (secondary N) is 1. The standard InChI is InChI=1S/C14H14BrF3N2O3S/c1-2-24(22,23)12-7-9(3-4-10(12)11(21)8-15)20-6-5-13(19)14(16,17)18/h3-7,20H,2,8H2,1H3,(H,22,23)/b6-5-. The van der Waals surface area contributed by atoms with Crippen LogP contribution in [-0.4, -0.2) is 33.3 Å². The highest BCUT2D eigenvalue weighted by Gasteiger charge is 2.32. The van der Waals surface area contributed by atoms with Gasteiger partial charge in [-0.15, -0.1) is 0 Å². The van der Waals surface area contributed by atoms with Crippen LogP contribution in [0.1, 0.15) is 17.3 Å². The molecule has 5 nitrogen and oxygen atoms in total. The molecule has 1 unspecified atom stereocenters. The van der Waals surface area contributed by atoms with E-state index in [0.717, 1.165) is 6.20 Å². The zero-order valence-corrected chi connectivity index (χ0v) is 14.8. The zero-order valence-electron chi connectivity index (χ0n) is 12.4. The van der Waals surface area contributed by atoms with Crippen molar-refractivity contribution >= 4 is 43.3 Å². The molecule has 2 N–H and O–H groups in total. The van der Waals surface area contributed by atoms with E-state index < -0.39 is 27.9 Å². The molecule has 0 aliphatic carbocycles. The Kier molecular flexibility index (Phi) is 6.87. The fourth-order valence-corrected chi connectivity index (χ4v) is 3.09. The van der Waals surface area contributed by atoms with Crippen LogP contribution in [0.5, 0.6) is 0 Å². The van der Waals surface area contributed by atoms with E-state index in [1.54, 1.807) is 0 Å². The highest BCUT2D eigenvalue weighted by molar-refractivity contribution is 9.09. The highest BCUT2D eigenvalue weighted by Crippen LogP contribution is 2.26. The van der Waals surface area contributed by atoms with E-state index in [2.05, 4.69) is 21.2 Å². The number of alkyl halides is 4. The normalized spacial score (nSPS) is 14.4. The van der Waals surface area contributed by atoms with Crippen molar-refractivity contribution in [2.45, 2.75) is 18.0 Å². The largest absolute Gasteiger partial charge is 0.800 e. The molecule has 0 fully saturated rings. The summed E-state index contributed by atoms with van der Waals surface area (Å²) in [6.45, 7) is 1.47. The summed E-state index contributed by atoms with van der Waals surface area (Å²) in [6, 6.07) is 3.91. The van der Waals surface area contributed by atoms with Crippen molar-refractivity contribution < 1.29 is 26.7 Å². The van der Waals surface area contributed by atoms with E-state index in [1.165, 1.54) is 25.1 Å². The molecular weight excluding hydrogens is 413 g/mol. The smallest absolute Gasteiger partial charge is 0.395 e. The van der Waals surface area contributed by atoms with Gasteiger partial charge < -0.3 is 10.7 Å². The highest BCUT2D eigenvalue weighted by atomic mass is 79.9. The SMILES string of the molecule is CC[S+](=O)(O)c1cc(N/C=C\C(=[N-])C(F)(F)F)ccc1C(=O)CBr. The van der Waals surface area contributed by atoms with Gasteiger partial charge in [0.25, 0.3) is 0 Å². The first kappa shape index (κ1) is 20.5. The van der Waals surface area contributed by atoms with Crippen LogP contribution in [-0.2, 0) is 14.4 Å². The van der Waals surface area contributed by atoms with Crippen LogP contribution in [0.15, 0.2) is 35.4 Å². The van der Waals surface area contributed by atoms with Gasteiger partial charge in [-0.05, 0) is 25.3 Å². The van der Waals surface area contributed by atoms with Crippen LogP contribution < -0.4 is 5.32 Å². The lowest BCUT2D eigenvalue weighted by molar-refractivity contribution is -0.0564. The van der Waals surface area contributed by atoms with Crippen molar-refractivity contribution in [1.82, 2.24) is 0 Å². The maximum atomic E-state index is 12.2. The quantitative estimate of drug-likeness (QED) is 0.297. The lowest BCUT2D eigenvalue weighted by Crippen LogP contribution is -2.19. The number of allylic oxidation sites excluding steroid dienone is 1. The van der Waals surface area contributed by atoms with Gasteiger partial charge in [-0.1, -0.05) is 31.9 Å². The lowest BCUT2D eigenvalue weighted by atomic mass is 10.1. The Morgan fingerprint density at radius 3 is 2.58 bits per heavy atom. The Hall–Kier alpha value is -1.52. The molecule has 24 heavy (non-hydrogen) atoms. The molecule has 0 radical (unpaired) electrons. The Balaban J connectivity index is 3.14. The van der Waals surface area contributed by atoms with Crippen molar-refractivity contribution in [1.29, 1.82) is 0 Å². The van der Waals surface area contributed by atoms with Gasteiger partial charge in [0, 0.05) is 11.8 Å². The summed E-state index contributed by atoms with van der Waals surface area (Å²) in [6.07, 6.45) is -3.62. The molecule has 0 aromatic heterocycles. The first-order chi connectivity index (χ1) is 11.0. The van der Waals surface area contributed by atoms with Crippen molar-refractivity contribution in [3.05, 3.63) is 41.4 Å². The van der Waals surface area contributed by atoms with Crippen LogP contribution >= 0.6 is 15.9 Å². The fourth-order valence-electron chi connectivity index (χ4n) is 1.65. The second kappa shape index (κ2) is 8.04. The topological polar surface area (TPSA) is 88.7 Å². The number of hydrogen-bond acceptors (Lipinski definition) is 3. The van der Waals surface area contributed by atoms with Crippen molar-refractivity contribution in [2.24, 2.45) is 0 Å². The van der Waals surface area contributed by atoms with E-state index in [-0.39, 0.29) is 27.2 Å². The van der Waals surface area contributed by atoms with Gasteiger partial charge >= 0.3 is 6.18 Å². The first-order valence-corrected chi connectivity index (χ1v) is 9.37. The molecule has 0 saturated carbocycles. The summed E-state index contributed by atoms with van der Waals surface area (Å²) >= 11 is 2.98. The van der Waals surface area contributed by atoms with Crippen molar-refractivity contribution in [2.75, 3.05) is 16.4 Å². The molecule has 0 spiro atoms. The van der Waals surface area contributed by atoms with Gasteiger partial charge in [0.1, 0.15) is 5.75 Å². The number of anilines is 1. The third-order valence-electron chi connectivity index (χ3n) is 2.92. The van der Waals surface area contributed by atoms with Crippen LogP contribution in [0.3, 0.4) is 0 Å².